The van der Waals surface area contributed by atoms with Gasteiger partial charge in [-0.15, -0.1) is 0 Å². The summed E-state index contributed by atoms with van der Waals surface area (Å²) in [6.07, 6.45) is 0. The van der Waals surface area contributed by atoms with Gasteiger partial charge in [0.05, 0.1) is 18.0 Å². The van der Waals surface area contributed by atoms with E-state index in [1.165, 1.54) is 11.4 Å². The Bertz CT molecular complexity index is 294. The molecule has 1 N–H and O–H groups in total. The van der Waals surface area contributed by atoms with Gasteiger partial charge in [0.25, 0.3) is 0 Å². The first-order valence-corrected chi connectivity index (χ1v) is 4.85. The fourth-order valence-electron chi connectivity index (χ4n) is 1.77. The van der Waals surface area contributed by atoms with Crippen LogP contribution in [0.15, 0.2) is 24.3 Å². The highest BCUT2D eigenvalue weighted by Gasteiger charge is 2.17. The zero-order valence-corrected chi connectivity index (χ0v) is 8.25. The molecule has 1 aromatic carbocycles. The molecule has 0 saturated heterocycles. The van der Waals surface area contributed by atoms with Crippen molar-refractivity contribution in [3.05, 3.63) is 24.3 Å². The lowest BCUT2D eigenvalue weighted by Crippen LogP contribution is -2.26. The lowest BCUT2D eigenvalue weighted by molar-refractivity contribution is 0.628. The van der Waals surface area contributed by atoms with E-state index in [4.69, 9.17) is 0 Å². The number of nitrogens with one attached hydrogen (secondary N) is 1. The topological polar surface area (TPSA) is 15.3 Å². The molecule has 0 saturated carbocycles. The van der Waals surface area contributed by atoms with Crippen molar-refractivity contribution < 1.29 is 0 Å². The highest BCUT2D eigenvalue weighted by molar-refractivity contribution is 5.74. The molecule has 0 atom stereocenters. The van der Waals surface area contributed by atoms with Crippen LogP contribution in [0.3, 0.4) is 0 Å². The van der Waals surface area contributed by atoms with Crippen LogP contribution in [0.4, 0.5) is 11.4 Å². The number of rotatable bonds is 2. The van der Waals surface area contributed by atoms with E-state index < -0.39 is 0 Å². The van der Waals surface area contributed by atoms with Crippen molar-refractivity contribution in [2.45, 2.75) is 13.8 Å². The van der Waals surface area contributed by atoms with Crippen LogP contribution in [-0.4, -0.2) is 13.2 Å². The van der Waals surface area contributed by atoms with Gasteiger partial charge in [-0.1, -0.05) is 26.0 Å². The monoisotopic (exact) mass is 176 g/mol. The number of fused-ring (bicyclic) bond motifs is 1. The van der Waals surface area contributed by atoms with Gasteiger partial charge in [-0.05, 0) is 18.1 Å². The fraction of sp³-hybridized carbons (Fsp3) is 0.455. The molecular weight excluding hydrogens is 160 g/mol. The van der Waals surface area contributed by atoms with Gasteiger partial charge in [0.2, 0.25) is 0 Å². The first kappa shape index (κ1) is 8.42. The molecule has 2 heteroatoms. The zero-order valence-electron chi connectivity index (χ0n) is 8.25. The third-order valence-corrected chi connectivity index (χ3v) is 2.29. The SMILES string of the molecule is CC(C)CN1CNc2ccccc21. The van der Waals surface area contributed by atoms with E-state index in [0.717, 1.165) is 13.2 Å². The van der Waals surface area contributed by atoms with Crippen molar-refractivity contribution in [3.8, 4) is 0 Å². The first-order chi connectivity index (χ1) is 6.27. The van der Waals surface area contributed by atoms with Crippen LogP contribution >= 0.6 is 0 Å². The minimum atomic E-state index is 0.716. The molecule has 0 unspecified atom stereocenters. The van der Waals surface area contributed by atoms with Crippen LogP contribution in [0.2, 0.25) is 0 Å². The second-order valence-corrected chi connectivity index (χ2v) is 3.97. The summed E-state index contributed by atoms with van der Waals surface area (Å²) in [6, 6.07) is 8.48. The molecule has 0 aromatic heterocycles. The molecular formula is C11H16N2. The Hall–Kier alpha value is -1.18. The first-order valence-electron chi connectivity index (χ1n) is 4.85. The van der Waals surface area contributed by atoms with Crippen LogP contribution in [0.5, 0.6) is 0 Å². The minimum Gasteiger partial charge on any atom is -0.366 e. The molecule has 1 aliphatic rings. The molecule has 0 radical (unpaired) electrons. The predicted molar refractivity (Wildman–Crippen MR) is 57.1 cm³/mol. The summed E-state index contributed by atoms with van der Waals surface area (Å²) in [4.78, 5) is 2.39. The Morgan fingerprint density at radius 2 is 2.15 bits per heavy atom. The van der Waals surface area contributed by atoms with Gasteiger partial charge in [0.1, 0.15) is 0 Å². The molecule has 0 bridgehead atoms. The zero-order chi connectivity index (χ0) is 9.26. The maximum Gasteiger partial charge on any atom is 0.0877 e. The molecule has 1 aliphatic heterocycles. The average Bonchev–Trinajstić information content (AvgIpc) is 2.48. The quantitative estimate of drug-likeness (QED) is 0.745. The van der Waals surface area contributed by atoms with E-state index in [1.807, 2.05) is 0 Å². The molecule has 0 aliphatic carbocycles. The number of nitrogens with zero attached hydrogens (tertiary/aromatic N) is 1. The van der Waals surface area contributed by atoms with Crippen molar-refractivity contribution >= 4 is 11.4 Å². The van der Waals surface area contributed by atoms with E-state index in [0.29, 0.717) is 5.92 Å². The summed E-state index contributed by atoms with van der Waals surface area (Å²) in [5.41, 5.74) is 2.61. The van der Waals surface area contributed by atoms with Crippen LogP contribution in [-0.2, 0) is 0 Å². The van der Waals surface area contributed by atoms with E-state index in [-0.39, 0.29) is 0 Å². The van der Waals surface area contributed by atoms with E-state index in [1.54, 1.807) is 0 Å². The molecule has 0 amide bonds. The Kier molecular flexibility index (Phi) is 2.13. The standard InChI is InChI=1S/C11H16N2/c1-9(2)7-13-8-12-10-5-3-4-6-11(10)13/h3-6,9,12H,7-8H2,1-2H3. The summed E-state index contributed by atoms with van der Waals surface area (Å²) in [5, 5.41) is 3.38. The van der Waals surface area contributed by atoms with Gasteiger partial charge >= 0.3 is 0 Å². The molecule has 0 fully saturated rings. The second-order valence-electron chi connectivity index (χ2n) is 3.97. The minimum absolute atomic E-state index is 0.716. The number of benzene rings is 1. The van der Waals surface area contributed by atoms with Crippen molar-refractivity contribution in [3.63, 3.8) is 0 Å². The van der Waals surface area contributed by atoms with Crippen molar-refractivity contribution in [2.75, 3.05) is 23.4 Å². The smallest absolute Gasteiger partial charge is 0.0877 e. The van der Waals surface area contributed by atoms with Gasteiger partial charge in [0, 0.05) is 6.54 Å². The Morgan fingerprint density at radius 3 is 2.92 bits per heavy atom. The maximum atomic E-state index is 3.38. The summed E-state index contributed by atoms with van der Waals surface area (Å²) in [6.45, 7) is 6.59. The summed E-state index contributed by atoms with van der Waals surface area (Å²) < 4.78 is 0. The highest BCUT2D eigenvalue weighted by Crippen LogP contribution is 2.30. The second kappa shape index (κ2) is 3.29. The van der Waals surface area contributed by atoms with E-state index in [9.17, 15) is 0 Å². The Balaban J connectivity index is 2.18. The molecule has 2 rings (SSSR count). The van der Waals surface area contributed by atoms with Gasteiger partial charge in [-0.3, -0.25) is 0 Å². The number of hydrogen-bond donors (Lipinski definition) is 1. The Labute approximate surface area is 79.6 Å². The van der Waals surface area contributed by atoms with Crippen molar-refractivity contribution in [1.82, 2.24) is 0 Å². The fourth-order valence-corrected chi connectivity index (χ4v) is 1.77. The predicted octanol–water partition coefficient (Wildman–Crippen LogP) is 2.53. The van der Waals surface area contributed by atoms with Crippen LogP contribution in [0.1, 0.15) is 13.8 Å². The molecule has 0 spiro atoms. The van der Waals surface area contributed by atoms with Gasteiger partial charge in [0.15, 0.2) is 0 Å². The molecule has 70 valence electrons. The third kappa shape index (κ3) is 1.62. The van der Waals surface area contributed by atoms with Crippen LogP contribution < -0.4 is 10.2 Å². The molecule has 13 heavy (non-hydrogen) atoms. The normalized spacial score (nSPS) is 14.5. The maximum absolute atomic E-state index is 3.38. The van der Waals surface area contributed by atoms with Gasteiger partial charge in [-0.25, -0.2) is 0 Å². The number of hydrogen-bond acceptors (Lipinski definition) is 2. The number of para-hydroxylation sites is 2. The summed E-state index contributed by atoms with van der Waals surface area (Å²) >= 11 is 0. The van der Waals surface area contributed by atoms with Crippen LogP contribution in [0, 0.1) is 5.92 Å². The summed E-state index contributed by atoms with van der Waals surface area (Å²) in [5.74, 6) is 0.716. The summed E-state index contributed by atoms with van der Waals surface area (Å²) in [7, 11) is 0. The molecule has 1 aromatic rings. The van der Waals surface area contributed by atoms with E-state index in [2.05, 4.69) is 48.3 Å². The Morgan fingerprint density at radius 1 is 1.38 bits per heavy atom. The van der Waals surface area contributed by atoms with Crippen LogP contribution in [0.25, 0.3) is 0 Å². The molecule has 1 heterocycles. The molecule has 2 nitrogen and oxygen atoms in total. The average molecular weight is 176 g/mol. The van der Waals surface area contributed by atoms with Gasteiger partial charge in [-0.2, -0.15) is 0 Å². The highest BCUT2D eigenvalue weighted by atomic mass is 15.3. The third-order valence-electron chi connectivity index (χ3n) is 2.29. The lowest BCUT2D eigenvalue weighted by Gasteiger charge is -2.19. The lowest BCUT2D eigenvalue weighted by atomic mass is 10.2. The van der Waals surface area contributed by atoms with Gasteiger partial charge < -0.3 is 10.2 Å². The number of anilines is 2. The van der Waals surface area contributed by atoms with Crippen molar-refractivity contribution in [1.29, 1.82) is 0 Å². The largest absolute Gasteiger partial charge is 0.366 e. The van der Waals surface area contributed by atoms with E-state index >= 15 is 0 Å². The van der Waals surface area contributed by atoms with Crippen molar-refractivity contribution in [2.24, 2.45) is 5.92 Å².